The zero-order chi connectivity index (χ0) is 14.5. The first kappa shape index (κ1) is 14.6. The number of aliphatic hydroxyl groups excluding tert-OH is 1. The average molecular weight is 280 g/mol. The highest BCUT2D eigenvalue weighted by Crippen LogP contribution is 2.19. The monoisotopic (exact) mass is 280 g/mol. The third-order valence-electron chi connectivity index (χ3n) is 3.43. The Kier molecular flexibility index (Phi) is 4.81. The number of ether oxygens (including phenoxy) is 2. The number of amides is 1. The summed E-state index contributed by atoms with van der Waals surface area (Å²) >= 11 is 0. The van der Waals surface area contributed by atoms with Gasteiger partial charge in [-0.15, -0.1) is 0 Å². The molecule has 0 unspecified atom stereocenters. The second-order valence-electron chi connectivity index (χ2n) is 4.75. The van der Waals surface area contributed by atoms with E-state index in [0.29, 0.717) is 13.0 Å². The summed E-state index contributed by atoms with van der Waals surface area (Å²) in [6.45, 7) is 0.419. The molecule has 1 amide bonds. The molecule has 1 saturated heterocycles. The lowest BCUT2D eigenvalue weighted by molar-refractivity contribution is 0.0198. The number of alkyl carbamates (subject to hydrolysis) is 1. The summed E-state index contributed by atoms with van der Waals surface area (Å²) in [7, 11) is 3.12. The van der Waals surface area contributed by atoms with Crippen molar-refractivity contribution in [1.82, 2.24) is 10.6 Å². The first-order valence-electron chi connectivity index (χ1n) is 6.56. The number of β-amino-alcohol motifs (C(OH)–C–C–N with tert-alkyl or cyclic N) is 1. The summed E-state index contributed by atoms with van der Waals surface area (Å²) in [6.07, 6.45) is -1.09. The lowest BCUT2D eigenvalue weighted by atomic mass is 10.0. The molecule has 6 nitrogen and oxygen atoms in total. The van der Waals surface area contributed by atoms with Crippen LogP contribution in [0.1, 0.15) is 5.56 Å². The van der Waals surface area contributed by atoms with E-state index in [2.05, 4.69) is 10.6 Å². The van der Waals surface area contributed by atoms with Crippen molar-refractivity contribution in [3.63, 3.8) is 0 Å². The van der Waals surface area contributed by atoms with E-state index in [1.54, 1.807) is 7.11 Å². The van der Waals surface area contributed by atoms with Crippen molar-refractivity contribution in [1.29, 1.82) is 0 Å². The van der Waals surface area contributed by atoms with Crippen molar-refractivity contribution in [2.24, 2.45) is 0 Å². The van der Waals surface area contributed by atoms with E-state index < -0.39 is 18.3 Å². The van der Waals surface area contributed by atoms with Gasteiger partial charge >= 0.3 is 6.09 Å². The zero-order valence-corrected chi connectivity index (χ0v) is 11.6. The molecule has 20 heavy (non-hydrogen) atoms. The molecule has 1 heterocycles. The van der Waals surface area contributed by atoms with Crippen molar-refractivity contribution >= 4 is 6.09 Å². The fraction of sp³-hybridized carbons (Fsp3) is 0.500. The number of hydrogen-bond donors (Lipinski definition) is 3. The summed E-state index contributed by atoms with van der Waals surface area (Å²) in [5, 5.41) is 15.4. The first-order valence-corrected chi connectivity index (χ1v) is 6.56. The minimum atomic E-state index is -0.685. The molecule has 1 aromatic carbocycles. The van der Waals surface area contributed by atoms with E-state index in [9.17, 15) is 9.90 Å². The van der Waals surface area contributed by atoms with Crippen LogP contribution in [-0.4, -0.2) is 50.2 Å². The van der Waals surface area contributed by atoms with Gasteiger partial charge in [-0.05, 0) is 24.1 Å². The number of rotatable bonds is 4. The number of carbonyl (C=O) groups is 1. The predicted molar refractivity (Wildman–Crippen MR) is 73.8 cm³/mol. The van der Waals surface area contributed by atoms with Crippen molar-refractivity contribution in [2.45, 2.75) is 24.7 Å². The van der Waals surface area contributed by atoms with Crippen LogP contribution in [0.25, 0.3) is 0 Å². The van der Waals surface area contributed by atoms with Crippen LogP contribution in [0.4, 0.5) is 4.79 Å². The largest absolute Gasteiger partial charge is 0.497 e. The molecule has 1 aromatic rings. The summed E-state index contributed by atoms with van der Waals surface area (Å²) in [4.78, 5) is 11.3. The quantitative estimate of drug-likeness (QED) is 0.739. The van der Waals surface area contributed by atoms with E-state index in [-0.39, 0.29) is 6.04 Å². The summed E-state index contributed by atoms with van der Waals surface area (Å²) < 4.78 is 10.3. The standard InChI is InChI=1S/C14H20N2O4/c1-15-14(18)20-13-11(16-8-12(13)17)7-9-3-5-10(19-2)6-4-9/h3-6,11-13,16-17H,7-8H2,1-2H3,(H,15,18)/t11-,12+,13+/m1/s1. The topological polar surface area (TPSA) is 79.8 Å². The van der Waals surface area contributed by atoms with Gasteiger partial charge in [0.2, 0.25) is 0 Å². The van der Waals surface area contributed by atoms with Crippen LogP contribution >= 0.6 is 0 Å². The maximum Gasteiger partial charge on any atom is 0.407 e. The summed E-state index contributed by atoms with van der Waals surface area (Å²) in [5.74, 6) is 0.798. The van der Waals surface area contributed by atoms with Gasteiger partial charge in [-0.25, -0.2) is 4.79 Å². The maximum absolute atomic E-state index is 11.3. The highest BCUT2D eigenvalue weighted by atomic mass is 16.6. The van der Waals surface area contributed by atoms with Crippen LogP contribution in [0, 0.1) is 0 Å². The fourth-order valence-electron chi connectivity index (χ4n) is 2.32. The number of nitrogens with one attached hydrogen (secondary N) is 2. The molecule has 6 heteroatoms. The van der Waals surface area contributed by atoms with Gasteiger partial charge in [0.25, 0.3) is 0 Å². The Balaban J connectivity index is 2.00. The molecule has 0 saturated carbocycles. The van der Waals surface area contributed by atoms with Gasteiger partial charge in [0.05, 0.1) is 13.2 Å². The molecular weight excluding hydrogens is 260 g/mol. The number of aliphatic hydroxyl groups is 1. The third-order valence-corrected chi connectivity index (χ3v) is 3.43. The molecule has 0 radical (unpaired) electrons. The smallest absolute Gasteiger partial charge is 0.407 e. The molecule has 3 atom stereocenters. The summed E-state index contributed by atoms with van der Waals surface area (Å²) in [5.41, 5.74) is 1.09. The van der Waals surface area contributed by atoms with E-state index in [0.717, 1.165) is 11.3 Å². The Morgan fingerprint density at radius 3 is 2.75 bits per heavy atom. The molecular formula is C14H20N2O4. The molecule has 3 N–H and O–H groups in total. The molecule has 1 aliphatic heterocycles. The Morgan fingerprint density at radius 1 is 1.45 bits per heavy atom. The van der Waals surface area contributed by atoms with Crippen molar-refractivity contribution in [3.8, 4) is 5.75 Å². The molecule has 0 aromatic heterocycles. The Bertz CT molecular complexity index is 449. The molecule has 0 spiro atoms. The van der Waals surface area contributed by atoms with E-state index in [1.165, 1.54) is 7.05 Å². The van der Waals surface area contributed by atoms with Gasteiger partial charge in [0.1, 0.15) is 18.0 Å². The Labute approximate surface area is 118 Å². The van der Waals surface area contributed by atoms with Crippen molar-refractivity contribution in [2.75, 3.05) is 20.7 Å². The number of carbonyl (C=O) groups excluding carboxylic acids is 1. The van der Waals surface area contributed by atoms with Crippen LogP contribution in [0.5, 0.6) is 5.75 Å². The lowest BCUT2D eigenvalue weighted by Crippen LogP contribution is -2.40. The third kappa shape index (κ3) is 3.40. The van der Waals surface area contributed by atoms with E-state index >= 15 is 0 Å². The van der Waals surface area contributed by atoms with Gasteiger partial charge < -0.3 is 25.2 Å². The minimum Gasteiger partial charge on any atom is -0.497 e. The lowest BCUT2D eigenvalue weighted by Gasteiger charge is -2.21. The van der Waals surface area contributed by atoms with Gasteiger partial charge in [-0.3, -0.25) is 0 Å². The number of methoxy groups -OCH3 is 1. The van der Waals surface area contributed by atoms with Crippen LogP contribution in [0.3, 0.4) is 0 Å². The molecule has 1 fully saturated rings. The zero-order valence-electron chi connectivity index (χ0n) is 11.6. The van der Waals surface area contributed by atoms with Crippen LogP contribution in [0.15, 0.2) is 24.3 Å². The van der Waals surface area contributed by atoms with Gasteiger partial charge in [0, 0.05) is 13.6 Å². The molecule has 0 bridgehead atoms. The van der Waals surface area contributed by atoms with Gasteiger partial charge in [-0.1, -0.05) is 12.1 Å². The highest BCUT2D eigenvalue weighted by molar-refractivity contribution is 5.67. The highest BCUT2D eigenvalue weighted by Gasteiger charge is 2.37. The predicted octanol–water partition coefficient (Wildman–Crippen LogP) is 0.295. The summed E-state index contributed by atoms with van der Waals surface area (Å²) in [6, 6.07) is 7.59. The van der Waals surface area contributed by atoms with Gasteiger partial charge in [-0.2, -0.15) is 0 Å². The first-order chi connectivity index (χ1) is 9.63. The fourth-order valence-corrected chi connectivity index (χ4v) is 2.32. The maximum atomic E-state index is 11.3. The van der Waals surface area contributed by atoms with E-state index in [1.807, 2.05) is 24.3 Å². The van der Waals surface area contributed by atoms with Gasteiger partial charge in [0.15, 0.2) is 0 Å². The Morgan fingerprint density at radius 2 is 2.15 bits per heavy atom. The second-order valence-corrected chi connectivity index (χ2v) is 4.75. The van der Waals surface area contributed by atoms with E-state index in [4.69, 9.17) is 9.47 Å². The SMILES string of the molecule is CNC(=O)O[C@@H]1[C@@H](O)CN[C@@H]1Cc1ccc(OC)cc1. The molecule has 2 rings (SSSR count). The molecule has 1 aliphatic rings. The average Bonchev–Trinajstić information content (AvgIpc) is 2.81. The van der Waals surface area contributed by atoms with Crippen LogP contribution in [-0.2, 0) is 11.2 Å². The number of benzene rings is 1. The minimum absolute atomic E-state index is 0.101. The van der Waals surface area contributed by atoms with Crippen molar-refractivity contribution < 1.29 is 19.4 Å². The Hall–Kier alpha value is -1.79. The van der Waals surface area contributed by atoms with Crippen LogP contribution in [0.2, 0.25) is 0 Å². The normalized spacial score (nSPS) is 25.2. The second kappa shape index (κ2) is 6.58. The molecule has 0 aliphatic carbocycles. The molecule has 110 valence electrons. The van der Waals surface area contributed by atoms with Crippen LogP contribution < -0.4 is 15.4 Å². The van der Waals surface area contributed by atoms with Crippen molar-refractivity contribution in [3.05, 3.63) is 29.8 Å². The number of hydrogen-bond acceptors (Lipinski definition) is 5.